The lowest BCUT2D eigenvalue weighted by Crippen LogP contribution is -2.63. The number of esters is 1. The predicted molar refractivity (Wildman–Crippen MR) is 121 cm³/mol. The Kier molecular flexibility index (Phi) is 5.53. The van der Waals surface area contributed by atoms with Crippen LogP contribution in [0, 0.1) is 0 Å². The van der Waals surface area contributed by atoms with E-state index < -0.39 is 45.8 Å². The van der Waals surface area contributed by atoms with Gasteiger partial charge in [0.15, 0.2) is 12.1 Å². The number of nitrogens with zero attached hydrogens (tertiary/aromatic N) is 1. The van der Waals surface area contributed by atoms with Gasteiger partial charge in [0.25, 0.3) is 0 Å². The highest BCUT2D eigenvalue weighted by molar-refractivity contribution is 7.92. The third-order valence-corrected chi connectivity index (χ3v) is 7.88. The van der Waals surface area contributed by atoms with Crippen molar-refractivity contribution in [2.75, 3.05) is 6.61 Å². The van der Waals surface area contributed by atoms with Crippen molar-refractivity contribution in [1.82, 2.24) is 4.31 Å². The van der Waals surface area contributed by atoms with Gasteiger partial charge in [0.05, 0.1) is 11.0 Å². The van der Waals surface area contributed by atoms with E-state index in [1.165, 1.54) is 4.31 Å². The Bertz CT molecular complexity index is 1220. The van der Waals surface area contributed by atoms with Crippen LogP contribution in [0.5, 0.6) is 0 Å². The van der Waals surface area contributed by atoms with Gasteiger partial charge < -0.3 is 24.7 Å². The molecule has 3 aliphatic rings. The normalized spacial score (nSPS) is 31.4. The number of benzene rings is 2. The minimum Gasteiger partial charge on any atom is -0.459 e. The fraction of sp³-hybridized carbons (Fsp3) is 0.375. The molecule has 1 spiro atoms. The van der Waals surface area contributed by atoms with Crippen molar-refractivity contribution in [3.05, 3.63) is 82.9 Å². The molecule has 0 radical (unpaired) electrons. The summed E-state index contributed by atoms with van der Waals surface area (Å²) in [4.78, 5) is 12.6. The van der Waals surface area contributed by atoms with Crippen molar-refractivity contribution in [3.8, 4) is 0 Å². The highest BCUT2D eigenvalue weighted by Gasteiger charge is 2.71. The molecule has 0 aliphatic carbocycles. The highest BCUT2D eigenvalue weighted by Crippen LogP contribution is 2.52. The monoisotopic (exact) mass is 486 g/mol. The summed E-state index contributed by atoms with van der Waals surface area (Å²) in [7, 11) is -3.94. The minimum atomic E-state index is -3.94. The standard InChI is InChI=1S/C24H26N2O7S/c1-23(2)32-20-22(33-23)31-19(14-30-21(27)17-11-7-4-8-12-17)24(20)18(25)15-34(28,29)26(24)13-16-9-5-3-6-10-16/h3-12,15,19-20,22H,13-14,25H2,1-2H3/t19-,20+,22-,24-/m1/s1. The summed E-state index contributed by atoms with van der Waals surface area (Å²) in [6.07, 6.45) is -2.71. The zero-order chi connectivity index (χ0) is 24.1. The molecule has 0 amide bonds. The Morgan fingerprint density at radius 3 is 2.38 bits per heavy atom. The summed E-state index contributed by atoms with van der Waals surface area (Å²) in [5, 5.41) is 1.03. The van der Waals surface area contributed by atoms with E-state index in [2.05, 4.69) is 0 Å². The average Bonchev–Trinajstić information content (AvgIpc) is 3.33. The molecule has 10 heteroatoms. The van der Waals surface area contributed by atoms with Crippen LogP contribution in [0.25, 0.3) is 0 Å². The molecule has 9 nitrogen and oxygen atoms in total. The van der Waals surface area contributed by atoms with Crippen LogP contribution in [-0.4, -0.2) is 55.1 Å². The Labute approximate surface area is 198 Å². The van der Waals surface area contributed by atoms with Gasteiger partial charge in [-0.3, -0.25) is 0 Å². The predicted octanol–water partition coefficient (Wildman–Crippen LogP) is 2.10. The van der Waals surface area contributed by atoms with Crippen molar-refractivity contribution in [1.29, 1.82) is 0 Å². The van der Waals surface area contributed by atoms with E-state index in [4.69, 9.17) is 24.7 Å². The summed E-state index contributed by atoms with van der Waals surface area (Å²) in [5.74, 6) is -1.57. The molecule has 4 atom stereocenters. The van der Waals surface area contributed by atoms with E-state index in [-0.39, 0.29) is 18.8 Å². The van der Waals surface area contributed by atoms with Gasteiger partial charge >= 0.3 is 5.97 Å². The molecule has 3 aliphatic heterocycles. The Balaban J connectivity index is 1.52. The summed E-state index contributed by atoms with van der Waals surface area (Å²) < 4.78 is 51.6. The first-order chi connectivity index (χ1) is 16.1. The number of fused-ring (bicyclic) bond motifs is 2. The maximum Gasteiger partial charge on any atom is 0.338 e. The van der Waals surface area contributed by atoms with Gasteiger partial charge in [0.2, 0.25) is 10.0 Å². The van der Waals surface area contributed by atoms with E-state index in [0.29, 0.717) is 5.56 Å². The lowest BCUT2D eigenvalue weighted by Gasteiger charge is -2.41. The van der Waals surface area contributed by atoms with Crippen LogP contribution in [0.3, 0.4) is 0 Å². The molecule has 180 valence electrons. The molecule has 0 unspecified atom stereocenters. The van der Waals surface area contributed by atoms with Crippen molar-refractivity contribution in [3.63, 3.8) is 0 Å². The zero-order valence-corrected chi connectivity index (χ0v) is 19.6. The molecule has 34 heavy (non-hydrogen) atoms. The molecular weight excluding hydrogens is 460 g/mol. The summed E-state index contributed by atoms with van der Waals surface area (Å²) >= 11 is 0. The fourth-order valence-electron chi connectivity index (χ4n) is 4.85. The topological polar surface area (TPSA) is 117 Å². The second-order valence-electron chi connectivity index (χ2n) is 8.95. The van der Waals surface area contributed by atoms with E-state index in [1.807, 2.05) is 30.3 Å². The van der Waals surface area contributed by atoms with Crippen LogP contribution < -0.4 is 5.73 Å². The molecule has 2 N–H and O–H groups in total. The largest absolute Gasteiger partial charge is 0.459 e. The summed E-state index contributed by atoms with van der Waals surface area (Å²) in [6, 6.07) is 17.7. The third-order valence-electron chi connectivity index (χ3n) is 6.28. The number of carbonyl (C=O) groups is 1. The quantitative estimate of drug-likeness (QED) is 0.639. The molecule has 2 fully saturated rings. The molecule has 2 aromatic rings. The van der Waals surface area contributed by atoms with Crippen LogP contribution >= 0.6 is 0 Å². The van der Waals surface area contributed by atoms with Crippen molar-refractivity contribution in [2.45, 2.75) is 50.2 Å². The number of nitrogens with two attached hydrogens (primary N) is 1. The number of hydrogen-bond acceptors (Lipinski definition) is 8. The second kappa shape index (κ2) is 8.17. The van der Waals surface area contributed by atoms with Crippen LogP contribution in [0.15, 0.2) is 71.8 Å². The van der Waals surface area contributed by atoms with Gasteiger partial charge in [-0.05, 0) is 31.5 Å². The van der Waals surface area contributed by atoms with Gasteiger partial charge in [-0.2, -0.15) is 4.31 Å². The van der Waals surface area contributed by atoms with Crippen molar-refractivity contribution in [2.24, 2.45) is 5.73 Å². The first-order valence-electron chi connectivity index (χ1n) is 10.9. The number of carbonyl (C=O) groups excluding carboxylic acids is 1. The lowest BCUT2D eigenvalue weighted by molar-refractivity contribution is -0.218. The van der Waals surface area contributed by atoms with Crippen LogP contribution in [0.4, 0.5) is 0 Å². The molecule has 0 saturated carbocycles. The Hall–Kier alpha value is -2.76. The Morgan fingerprint density at radius 1 is 1.06 bits per heavy atom. The molecule has 0 bridgehead atoms. The van der Waals surface area contributed by atoms with E-state index >= 15 is 0 Å². The second-order valence-corrected chi connectivity index (χ2v) is 10.7. The first-order valence-corrected chi connectivity index (χ1v) is 12.4. The lowest BCUT2D eigenvalue weighted by atomic mass is 9.85. The molecule has 3 heterocycles. The molecular formula is C24H26N2O7S. The number of hydrogen-bond donors (Lipinski definition) is 1. The van der Waals surface area contributed by atoms with Crippen LogP contribution in [0.1, 0.15) is 29.8 Å². The van der Waals surface area contributed by atoms with E-state index in [0.717, 1.165) is 11.0 Å². The molecule has 0 aromatic heterocycles. The summed E-state index contributed by atoms with van der Waals surface area (Å²) in [6.45, 7) is 3.22. The van der Waals surface area contributed by atoms with Crippen LogP contribution in [-0.2, 0) is 35.5 Å². The Morgan fingerprint density at radius 2 is 1.71 bits per heavy atom. The third kappa shape index (κ3) is 3.71. The number of rotatable bonds is 5. The maximum atomic E-state index is 13.3. The summed E-state index contributed by atoms with van der Waals surface area (Å²) in [5.41, 5.74) is 6.16. The van der Waals surface area contributed by atoms with Gasteiger partial charge in [0.1, 0.15) is 24.4 Å². The number of sulfonamides is 1. The first kappa shape index (κ1) is 23.0. The molecule has 2 saturated heterocycles. The maximum absolute atomic E-state index is 13.3. The van der Waals surface area contributed by atoms with Crippen molar-refractivity contribution < 1.29 is 32.2 Å². The van der Waals surface area contributed by atoms with E-state index in [9.17, 15) is 13.2 Å². The number of ether oxygens (including phenoxy) is 4. The van der Waals surface area contributed by atoms with Gasteiger partial charge in [0, 0.05) is 12.2 Å². The average molecular weight is 487 g/mol. The zero-order valence-electron chi connectivity index (χ0n) is 18.8. The fourth-order valence-corrected chi connectivity index (χ4v) is 6.56. The van der Waals surface area contributed by atoms with Crippen LogP contribution in [0.2, 0.25) is 0 Å². The molecule has 2 aromatic carbocycles. The van der Waals surface area contributed by atoms with Crippen molar-refractivity contribution >= 4 is 16.0 Å². The van der Waals surface area contributed by atoms with Gasteiger partial charge in [-0.15, -0.1) is 0 Å². The van der Waals surface area contributed by atoms with E-state index in [1.54, 1.807) is 44.2 Å². The SMILES string of the molecule is CC1(C)O[C@H]2O[C@H](COC(=O)c3ccccc3)[C@]3(C(N)=CS(=O)(=O)N3Cc3ccccc3)[C@H]2O1. The smallest absolute Gasteiger partial charge is 0.338 e. The highest BCUT2D eigenvalue weighted by atomic mass is 32.2. The van der Waals surface area contributed by atoms with Gasteiger partial charge in [-0.25, -0.2) is 13.2 Å². The minimum absolute atomic E-state index is 0.0277. The molecule has 5 rings (SSSR count). The van der Waals surface area contributed by atoms with Gasteiger partial charge in [-0.1, -0.05) is 48.5 Å².